The first-order chi connectivity index (χ1) is 11.4. The molecule has 1 aliphatic rings. The molecular weight excluding hydrogens is 341 g/mol. The van der Waals surface area contributed by atoms with Crippen molar-refractivity contribution in [2.24, 2.45) is 0 Å². The van der Waals surface area contributed by atoms with E-state index in [4.69, 9.17) is 0 Å². The second kappa shape index (κ2) is 8.55. The molecule has 9 heteroatoms. The SMILES string of the molecule is CSCCCC(=O)NC1CCN(c2ncc(C(F)(F)F)cn2)CC1. The Bertz CT molecular complexity index is 531. The van der Waals surface area contributed by atoms with Crippen molar-refractivity contribution in [3.05, 3.63) is 18.0 Å². The number of nitrogens with zero attached hydrogens (tertiary/aromatic N) is 3. The Kier molecular flexibility index (Phi) is 6.70. The fraction of sp³-hybridized carbons (Fsp3) is 0.667. The van der Waals surface area contributed by atoms with Crippen LogP contribution in [-0.4, -0.2) is 47.0 Å². The van der Waals surface area contributed by atoms with Gasteiger partial charge in [-0.2, -0.15) is 24.9 Å². The first-order valence-electron chi connectivity index (χ1n) is 7.82. The molecule has 24 heavy (non-hydrogen) atoms. The number of hydrogen-bond acceptors (Lipinski definition) is 5. The maximum absolute atomic E-state index is 12.5. The molecule has 2 rings (SSSR count). The Morgan fingerprint density at radius 3 is 2.50 bits per heavy atom. The second-order valence-corrected chi connectivity index (χ2v) is 6.68. The first kappa shape index (κ1) is 18.8. The molecule has 0 aliphatic carbocycles. The van der Waals surface area contributed by atoms with Crippen molar-refractivity contribution in [1.29, 1.82) is 0 Å². The minimum absolute atomic E-state index is 0.0632. The number of hydrogen-bond donors (Lipinski definition) is 1. The molecular formula is C15H21F3N4OS. The third-order valence-electron chi connectivity index (χ3n) is 3.86. The number of thioether (sulfide) groups is 1. The van der Waals surface area contributed by atoms with E-state index < -0.39 is 11.7 Å². The van der Waals surface area contributed by atoms with Crippen LogP contribution >= 0.6 is 11.8 Å². The lowest BCUT2D eigenvalue weighted by Gasteiger charge is -2.32. The van der Waals surface area contributed by atoms with Gasteiger partial charge in [0.15, 0.2) is 0 Å². The van der Waals surface area contributed by atoms with Gasteiger partial charge in [-0.15, -0.1) is 0 Å². The molecule has 0 spiro atoms. The minimum Gasteiger partial charge on any atom is -0.353 e. The van der Waals surface area contributed by atoms with Gasteiger partial charge in [0, 0.05) is 37.9 Å². The standard InChI is InChI=1S/C15H21F3N4OS/c1-24-8-2-3-13(23)21-12-4-6-22(7-5-12)14-19-9-11(10-20-14)15(16,17)18/h9-10,12H,2-8H2,1H3,(H,21,23). The van der Waals surface area contributed by atoms with Crippen LogP contribution in [0.15, 0.2) is 12.4 Å². The molecule has 5 nitrogen and oxygen atoms in total. The van der Waals surface area contributed by atoms with E-state index >= 15 is 0 Å². The molecule has 2 heterocycles. The molecule has 1 fully saturated rings. The summed E-state index contributed by atoms with van der Waals surface area (Å²) in [4.78, 5) is 21.3. The molecule has 0 saturated carbocycles. The number of rotatable bonds is 6. The Balaban J connectivity index is 1.79. The van der Waals surface area contributed by atoms with E-state index in [2.05, 4.69) is 15.3 Å². The number of amides is 1. The zero-order chi connectivity index (χ0) is 17.6. The summed E-state index contributed by atoms with van der Waals surface area (Å²) in [5.41, 5.74) is -0.848. The van der Waals surface area contributed by atoms with E-state index in [1.54, 1.807) is 11.8 Å². The van der Waals surface area contributed by atoms with E-state index in [1.165, 1.54) is 0 Å². The lowest BCUT2D eigenvalue weighted by molar-refractivity contribution is -0.138. The first-order valence-corrected chi connectivity index (χ1v) is 9.22. The van der Waals surface area contributed by atoms with Crippen LogP contribution in [-0.2, 0) is 11.0 Å². The average Bonchev–Trinajstić information content (AvgIpc) is 2.55. The predicted octanol–water partition coefficient (Wildman–Crippen LogP) is 2.72. The molecule has 0 atom stereocenters. The van der Waals surface area contributed by atoms with Crippen LogP contribution in [0, 0.1) is 0 Å². The molecule has 0 radical (unpaired) electrons. The zero-order valence-corrected chi connectivity index (χ0v) is 14.3. The number of alkyl halides is 3. The van der Waals surface area contributed by atoms with Crippen molar-refractivity contribution in [3.8, 4) is 0 Å². The summed E-state index contributed by atoms with van der Waals surface area (Å²) in [7, 11) is 0. The van der Waals surface area contributed by atoms with Crippen LogP contribution in [0.4, 0.5) is 19.1 Å². The van der Waals surface area contributed by atoms with Crippen molar-refractivity contribution < 1.29 is 18.0 Å². The van der Waals surface area contributed by atoms with Gasteiger partial charge in [0.2, 0.25) is 11.9 Å². The Labute approximate surface area is 143 Å². The molecule has 1 N–H and O–H groups in total. The summed E-state index contributed by atoms with van der Waals surface area (Å²) in [6.45, 7) is 1.22. The van der Waals surface area contributed by atoms with Crippen LogP contribution in [0.25, 0.3) is 0 Å². The molecule has 1 aromatic rings. The summed E-state index contributed by atoms with van der Waals surface area (Å²) < 4.78 is 37.5. The van der Waals surface area contributed by atoms with Crippen molar-refractivity contribution in [2.75, 3.05) is 30.0 Å². The van der Waals surface area contributed by atoms with Crippen LogP contribution in [0.1, 0.15) is 31.2 Å². The normalized spacial score (nSPS) is 16.2. The van der Waals surface area contributed by atoms with Crippen molar-refractivity contribution in [1.82, 2.24) is 15.3 Å². The highest BCUT2D eigenvalue weighted by atomic mass is 32.2. The number of nitrogens with one attached hydrogen (secondary N) is 1. The lowest BCUT2D eigenvalue weighted by atomic mass is 10.1. The number of halogens is 3. The van der Waals surface area contributed by atoms with E-state index in [1.807, 2.05) is 11.2 Å². The quantitative estimate of drug-likeness (QED) is 0.789. The molecule has 1 saturated heterocycles. The Morgan fingerprint density at radius 2 is 1.96 bits per heavy atom. The number of carbonyl (C=O) groups is 1. The van der Waals surface area contributed by atoms with Gasteiger partial charge in [0.1, 0.15) is 0 Å². The highest BCUT2D eigenvalue weighted by Crippen LogP contribution is 2.28. The van der Waals surface area contributed by atoms with Gasteiger partial charge >= 0.3 is 6.18 Å². The van der Waals surface area contributed by atoms with Gasteiger partial charge in [0.25, 0.3) is 0 Å². The van der Waals surface area contributed by atoms with Crippen LogP contribution < -0.4 is 10.2 Å². The Morgan fingerprint density at radius 1 is 1.33 bits per heavy atom. The maximum Gasteiger partial charge on any atom is 0.419 e. The summed E-state index contributed by atoms with van der Waals surface area (Å²) in [5.74, 6) is 1.33. The molecule has 134 valence electrons. The predicted molar refractivity (Wildman–Crippen MR) is 88.0 cm³/mol. The molecule has 1 aromatic heterocycles. The van der Waals surface area contributed by atoms with Gasteiger partial charge in [0.05, 0.1) is 5.56 Å². The summed E-state index contributed by atoms with van der Waals surface area (Å²) in [6.07, 6.45) is 2.07. The number of carbonyl (C=O) groups excluding carboxylic acids is 1. The molecule has 1 amide bonds. The van der Waals surface area contributed by atoms with E-state index in [9.17, 15) is 18.0 Å². The van der Waals surface area contributed by atoms with E-state index in [-0.39, 0.29) is 11.9 Å². The molecule has 1 aliphatic heterocycles. The topological polar surface area (TPSA) is 58.1 Å². The van der Waals surface area contributed by atoms with Crippen molar-refractivity contribution in [3.63, 3.8) is 0 Å². The average molecular weight is 362 g/mol. The van der Waals surface area contributed by atoms with Crippen LogP contribution in [0.3, 0.4) is 0 Å². The van der Waals surface area contributed by atoms with Crippen LogP contribution in [0.5, 0.6) is 0 Å². The van der Waals surface area contributed by atoms with Crippen molar-refractivity contribution >= 4 is 23.6 Å². The monoisotopic (exact) mass is 362 g/mol. The Hall–Kier alpha value is -1.51. The largest absolute Gasteiger partial charge is 0.419 e. The zero-order valence-electron chi connectivity index (χ0n) is 13.5. The van der Waals surface area contributed by atoms with Gasteiger partial charge < -0.3 is 10.2 Å². The smallest absolute Gasteiger partial charge is 0.353 e. The highest BCUT2D eigenvalue weighted by Gasteiger charge is 2.32. The highest BCUT2D eigenvalue weighted by molar-refractivity contribution is 7.98. The number of aromatic nitrogens is 2. The lowest BCUT2D eigenvalue weighted by Crippen LogP contribution is -2.45. The van der Waals surface area contributed by atoms with Gasteiger partial charge in [-0.3, -0.25) is 4.79 Å². The fourth-order valence-electron chi connectivity index (χ4n) is 2.53. The number of piperidine rings is 1. The summed E-state index contributed by atoms with van der Waals surface area (Å²) in [6, 6.07) is 0.109. The van der Waals surface area contributed by atoms with Gasteiger partial charge in [-0.05, 0) is 31.3 Å². The van der Waals surface area contributed by atoms with Gasteiger partial charge in [-0.1, -0.05) is 0 Å². The third kappa shape index (κ3) is 5.54. The van der Waals surface area contributed by atoms with E-state index in [0.29, 0.717) is 25.5 Å². The second-order valence-electron chi connectivity index (χ2n) is 5.69. The molecule has 0 unspecified atom stereocenters. The third-order valence-corrected chi connectivity index (χ3v) is 4.56. The molecule has 0 bridgehead atoms. The minimum atomic E-state index is -4.42. The van der Waals surface area contributed by atoms with Gasteiger partial charge in [-0.25, -0.2) is 9.97 Å². The number of anilines is 1. The van der Waals surface area contributed by atoms with Crippen molar-refractivity contribution in [2.45, 2.75) is 37.9 Å². The van der Waals surface area contributed by atoms with Crippen LogP contribution in [0.2, 0.25) is 0 Å². The maximum atomic E-state index is 12.5. The van der Waals surface area contributed by atoms with E-state index in [0.717, 1.165) is 37.4 Å². The molecule has 0 aromatic carbocycles. The summed E-state index contributed by atoms with van der Waals surface area (Å²) >= 11 is 1.72. The fourth-order valence-corrected chi connectivity index (χ4v) is 2.96. The summed E-state index contributed by atoms with van der Waals surface area (Å²) in [5, 5.41) is 3.01.